The molecule has 1 atom stereocenters. The van der Waals surface area contributed by atoms with Gasteiger partial charge in [-0.2, -0.15) is 0 Å². The van der Waals surface area contributed by atoms with Crippen LogP contribution in [0.2, 0.25) is 0 Å². The maximum atomic E-state index is 10.2. The number of rotatable bonds is 4. The highest BCUT2D eigenvalue weighted by Gasteiger charge is 2.22. The van der Waals surface area contributed by atoms with Crippen LogP contribution in [0.5, 0.6) is 0 Å². The lowest BCUT2D eigenvalue weighted by atomic mass is 9.88. The number of hydrogen-bond donors (Lipinski definition) is 2. The number of aryl methyl sites for hydroxylation is 1. The molecule has 1 unspecified atom stereocenters. The number of aliphatic hydroxyl groups is 1. The first-order chi connectivity index (χ1) is 12.3. The molecular formula is C23H21NO. The van der Waals surface area contributed by atoms with Gasteiger partial charge in [-0.1, -0.05) is 72.8 Å². The zero-order valence-corrected chi connectivity index (χ0v) is 14.2. The summed E-state index contributed by atoms with van der Waals surface area (Å²) in [5.41, 5.74) is 6.85. The summed E-state index contributed by atoms with van der Waals surface area (Å²) in [7, 11) is 0. The summed E-state index contributed by atoms with van der Waals surface area (Å²) < 4.78 is 0. The van der Waals surface area contributed by atoms with Crippen molar-refractivity contribution in [3.8, 4) is 11.3 Å². The molecule has 0 bridgehead atoms. The minimum absolute atomic E-state index is 0.0622. The average molecular weight is 327 g/mol. The molecule has 0 aliphatic heterocycles. The summed E-state index contributed by atoms with van der Waals surface area (Å²) in [6.07, 6.45) is 0. The number of fused-ring (bicyclic) bond motifs is 1. The molecule has 0 saturated carbocycles. The van der Waals surface area contributed by atoms with Gasteiger partial charge in [0.15, 0.2) is 0 Å². The van der Waals surface area contributed by atoms with Gasteiger partial charge in [-0.25, -0.2) is 0 Å². The van der Waals surface area contributed by atoms with Crippen molar-refractivity contribution in [1.29, 1.82) is 0 Å². The Morgan fingerprint density at radius 1 is 0.880 bits per heavy atom. The smallest absolute Gasteiger partial charge is 0.0541 e. The second-order valence-electron chi connectivity index (χ2n) is 6.47. The fourth-order valence-corrected chi connectivity index (χ4v) is 3.58. The Hall–Kier alpha value is -2.84. The van der Waals surface area contributed by atoms with Gasteiger partial charge in [-0.15, -0.1) is 0 Å². The van der Waals surface area contributed by atoms with Crippen LogP contribution in [0, 0.1) is 6.92 Å². The topological polar surface area (TPSA) is 36.0 Å². The first-order valence-electron chi connectivity index (χ1n) is 8.61. The summed E-state index contributed by atoms with van der Waals surface area (Å²) >= 11 is 0. The molecule has 0 saturated heterocycles. The number of aromatic nitrogens is 1. The SMILES string of the molecule is Cc1ccc2c(C(CO)c3ccccc3)c(-c3ccccc3)[nH]c2c1. The maximum Gasteiger partial charge on any atom is 0.0541 e. The third kappa shape index (κ3) is 2.86. The van der Waals surface area contributed by atoms with Crippen LogP contribution in [0.25, 0.3) is 22.2 Å². The lowest BCUT2D eigenvalue weighted by Crippen LogP contribution is -2.07. The first kappa shape index (κ1) is 15.7. The highest BCUT2D eigenvalue weighted by Crippen LogP contribution is 2.38. The number of benzene rings is 3. The third-order valence-corrected chi connectivity index (χ3v) is 4.79. The Bertz CT molecular complexity index is 987. The van der Waals surface area contributed by atoms with Crippen LogP contribution in [0.4, 0.5) is 0 Å². The Morgan fingerprint density at radius 3 is 2.24 bits per heavy atom. The molecule has 4 aromatic rings. The lowest BCUT2D eigenvalue weighted by Gasteiger charge is -2.17. The highest BCUT2D eigenvalue weighted by molar-refractivity contribution is 5.92. The van der Waals surface area contributed by atoms with Gasteiger partial charge in [0.1, 0.15) is 0 Å². The van der Waals surface area contributed by atoms with Crippen LogP contribution < -0.4 is 0 Å². The standard InChI is InChI=1S/C23H21NO/c1-16-12-13-19-21(14-16)24-23(18-10-6-3-7-11-18)22(19)20(15-25)17-8-4-2-5-9-17/h2-14,20,24-25H,15H2,1H3. The Kier molecular flexibility index (Phi) is 4.12. The molecule has 0 amide bonds. The van der Waals surface area contributed by atoms with Crippen LogP contribution in [0.3, 0.4) is 0 Å². The van der Waals surface area contributed by atoms with Crippen LogP contribution in [-0.2, 0) is 0 Å². The van der Waals surface area contributed by atoms with Crippen molar-refractivity contribution in [2.45, 2.75) is 12.8 Å². The van der Waals surface area contributed by atoms with Gasteiger partial charge in [0.2, 0.25) is 0 Å². The largest absolute Gasteiger partial charge is 0.395 e. The molecule has 4 rings (SSSR count). The molecular weight excluding hydrogens is 306 g/mol. The fourth-order valence-electron chi connectivity index (χ4n) is 3.58. The number of nitrogens with one attached hydrogen (secondary N) is 1. The molecule has 0 spiro atoms. The van der Waals surface area contributed by atoms with Gasteiger partial charge in [0.05, 0.1) is 12.3 Å². The molecule has 2 heteroatoms. The average Bonchev–Trinajstić information content (AvgIpc) is 3.02. The third-order valence-electron chi connectivity index (χ3n) is 4.79. The highest BCUT2D eigenvalue weighted by atomic mass is 16.3. The Balaban J connectivity index is 2.00. The Labute approximate surface area is 147 Å². The van der Waals surface area contributed by atoms with Crippen molar-refractivity contribution in [3.63, 3.8) is 0 Å². The summed E-state index contributed by atoms with van der Waals surface area (Å²) in [6, 6.07) is 27.0. The predicted octanol–water partition coefficient (Wildman–Crippen LogP) is 5.27. The minimum atomic E-state index is -0.0622. The van der Waals surface area contributed by atoms with Crippen LogP contribution in [0.1, 0.15) is 22.6 Å². The van der Waals surface area contributed by atoms with E-state index in [-0.39, 0.29) is 12.5 Å². The van der Waals surface area contributed by atoms with E-state index in [1.807, 2.05) is 36.4 Å². The number of hydrogen-bond acceptors (Lipinski definition) is 1. The molecule has 124 valence electrons. The van der Waals surface area contributed by atoms with Gasteiger partial charge in [0.25, 0.3) is 0 Å². The zero-order valence-electron chi connectivity index (χ0n) is 14.2. The molecule has 0 aliphatic carbocycles. The Morgan fingerprint density at radius 2 is 1.56 bits per heavy atom. The summed E-state index contributed by atoms with van der Waals surface area (Å²) in [4.78, 5) is 3.59. The number of aromatic amines is 1. The van der Waals surface area contributed by atoms with Gasteiger partial charge in [-0.05, 0) is 35.2 Å². The van der Waals surface area contributed by atoms with E-state index < -0.39 is 0 Å². The fraction of sp³-hybridized carbons (Fsp3) is 0.130. The molecule has 0 radical (unpaired) electrons. The van der Waals surface area contributed by atoms with E-state index in [1.165, 1.54) is 10.9 Å². The van der Waals surface area contributed by atoms with Gasteiger partial charge < -0.3 is 10.1 Å². The molecule has 1 aromatic heterocycles. The molecule has 3 aromatic carbocycles. The molecule has 0 fully saturated rings. The number of aliphatic hydroxyl groups excluding tert-OH is 1. The van der Waals surface area contributed by atoms with E-state index in [2.05, 4.69) is 54.4 Å². The molecule has 0 aliphatic rings. The van der Waals surface area contributed by atoms with Crippen LogP contribution in [-0.4, -0.2) is 16.7 Å². The van der Waals surface area contributed by atoms with Crippen molar-refractivity contribution in [3.05, 3.63) is 95.6 Å². The zero-order chi connectivity index (χ0) is 17.2. The van der Waals surface area contributed by atoms with Crippen LogP contribution in [0.15, 0.2) is 78.9 Å². The summed E-state index contributed by atoms with van der Waals surface area (Å²) in [5, 5.41) is 11.4. The second kappa shape index (κ2) is 6.58. The molecule has 1 heterocycles. The second-order valence-corrected chi connectivity index (χ2v) is 6.47. The van der Waals surface area contributed by atoms with E-state index in [1.54, 1.807) is 0 Å². The van der Waals surface area contributed by atoms with E-state index in [0.717, 1.165) is 27.9 Å². The quantitative estimate of drug-likeness (QED) is 0.526. The first-order valence-corrected chi connectivity index (χ1v) is 8.61. The predicted molar refractivity (Wildman–Crippen MR) is 104 cm³/mol. The van der Waals surface area contributed by atoms with Crippen molar-refractivity contribution < 1.29 is 5.11 Å². The van der Waals surface area contributed by atoms with Crippen molar-refractivity contribution in [2.24, 2.45) is 0 Å². The summed E-state index contributed by atoms with van der Waals surface area (Å²) in [5.74, 6) is -0.0622. The van der Waals surface area contributed by atoms with E-state index >= 15 is 0 Å². The van der Waals surface area contributed by atoms with Crippen molar-refractivity contribution in [1.82, 2.24) is 4.98 Å². The molecule has 2 N–H and O–H groups in total. The van der Waals surface area contributed by atoms with Crippen LogP contribution >= 0.6 is 0 Å². The maximum absolute atomic E-state index is 10.2. The van der Waals surface area contributed by atoms with Gasteiger partial charge in [0, 0.05) is 16.8 Å². The van der Waals surface area contributed by atoms with E-state index in [0.29, 0.717) is 0 Å². The molecule has 25 heavy (non-hydrogen) atoms. The van der Waals surface area contributed by atoms with E-state index in [9.17, 15) is 5.11 Å². The minimum Gasteiger partial charge on any atom is -0.395 e. The summed E-state index contributed by atoms with van der Waals surface area (Å²) in [6.45, 7) is 2.17. The number of H-pyrrole nitrogens is 1. The monoisotopic (exact) mass is 327 g/mol. The lowest BCUT2D eigenvalue weighted by molar-refractivity contribution is 0.281. The van der Waals surface area contributed by atoms with Crippen molar-refractivity contribution in [2.75, 3.05) is 6.61 Å². The van der Waals surface area contributed by atoms with Gasteiger partial charge in [-0.3, -0.25) is 0 Å². The normalized spacial score (nSPS) is 12.4. The van der Waals surface area contributed by atoms with Gasteiger partial charge >= 0.3 is 0 Å². The van der Waals surface area contributed by atoms with E-state index in [4.69, 9.17) is 0 Å². The molecule has 2 nitrogen and oxygen atoms in total. The van der Waals surface area contributed by atoms with Crippen molar-refractivity contribution >= 4 is 10.9 Å².